The van der Waals surface area contributed by atoms with Crippen molar-refractivity contribution in [3.05, 3.63) is 87.5 Å². The Balaban J connectivity index is 1.73. The van der Waals surface area contributed by atoms with Crippen molar-refractivity contribution in [2.45, 2.75) is 13.5 Å². The van der Waals surface area contributed by atoms with Crippen LogP contribution >= 0.6 is 11.6 Å². The van der Waals surface area contributed by atoms with E-state index in [-0.39, 0.29) is 0 Å². The SMILES string of the molecule is COc1cc2c(cc1C)c1c3cccnc3oc(=O)c1n2Cc1cc2ccccc2nc1Cl. The number of hydrogen-bond acceptors (Lipinski definition) is 5. The number of aryl methyl sites for hydroxylation is 1. The van der Waals surface area contributed by atoms with Crippen LogP contribution in [0.15, 0.2) is 70.0 Å². The molecule has 0 aliphatic heterocycles. The smallest absolute Gasteiger partial charge is 0.362 e. The van der Waals surface area contributed by atoms with Gasteiger partial charge in [0.1, 0.15) is 16.4 Å². The Kier molecular flexibility index (Phi) is 4.38. The van der Waals surface area contributed by atoms with Gasteiger partial charge in [-0.05, 0) is 42.8 Å². The summed E-state index contributed by atoms with van der Waals surface area (Å²) in [4.78, 5) is 22.0. The molecule has 2 aromatic carbocycles. The molecule has 0 bridgehead atoms. The van der Waals surface area contributed by atoms with Crippen molar-refractivity contribution in [2.75, 3.05) is 7.11 Å². The van der Waals surface area contributed by atoms with Gasteiger partial charge in [-0.15, -0.1) is 0 Å². The molecule has 0 unspecified atom stereocenters. The van der Waals surface area contributed by atoms with E-state index in [1.54, 1.807) is 13.3 Å². The predicted molar refractivity (Wildman–Crippen MR) is 130 cm³/mol. The standard InChI is InChI=1S/C26H18ClN3O3/c1-14-10-18-20(12-21(14)32-2)30(13-16-11-15-6-3-4-8-19(15)29-24(16)27)23-22(18)17-7-5-9-28-25(17)33-26(23)31/h3-12H,13H2,1-2H3. The lowest BCUT2D eigenvalue weighted by Crippen LogP contribution is -2.09. The molecule has 162 valence electrons. The number of para-hydroxylation sites is 1. The van der Waals surface area contributed by atoms with Crippen LogP contribution in [0.1, 0.15) is 11.1 Å². The fourth-order valence-electron chi connectivity index (χ4n) is 4.57. The van der Waals surface area contributed by atoms with Gasteiger partial charge >= 0.3 is 5.63 Å². The average molecular weight is 456 g/mol. The monoisotopic (exact) mass is 455 g/mol. The third-order valence-corrected chi connectivity index (χ3v) is 6.41. The van der Waals surface area contributed by atoms with E-state index >= 15 is 0 Å². The lowest BCUT2D eigenvalue weighted by molar-refractivity contribution is 0.412. The fourth-order valence-corrected chi connectivity index (χ4v) is 4.77. The lowest BCUT2D eigenvalue weighted by atomic mass is 10.1. The topological polar surface area (TPSA) is 70.2 Å². The van der Waals surface area contributed by atoms with E-state index in [1.165, 1.54) is 0 Å². The first kappa shape index (κ1) is 19.8. The first-order chi connectivity index (χ1) is 16.0. The van der Waals surface area contributed by atoms with Crippen LogP contribution in [-0.2, 0) is 6.54 Å². The van der Waals surface area contributed by atoms with E-state index in [9.17, 15) is 4.79 Å². The second-order valence-electron chi connectivity index (χ2n) is 8.03. The molecule has 4 heterocycles. The van der Waals surface area contributed by atoms with Crippen LogP contribution in [0.5, 0.6) is 5.75 Å². The predicted octanol–water partition coefficient (Wildman–Crippen LogP) is 5.86. The maximum atomic E-state index is 13.2. The minimum absolute atomic E-state index is 0.313. The molecule has 33 heavy (non-hydrogen) atoms. The van der Waals surface area contributed by atoms with E-state index in [4.69, 9.17) is 20.8 Å². The quantitative estimate of drug-likeness (QED) is 0.312. The minimum atomic E-state index is -0.450. The minimum Gasteiger partial charge on any atom is -0.496 e. The highest BCUT2D eigenvalue weighted by Gasteiger charge is 2.21. The molecule has 0 atom stereocenters. The number of pyridine rings is 2. The first-order valence-corrected chi connectivity index (χ1v) is 10.9. The molecule has 6 aromatic rings. The lowest BCUT2D eigenvalue weighted by Gasteiger charge is -2.11. The van der Waals surface area contributed by atoms with Gasteiger partial charge in [0.05, 0.1) is 24.7 Å². The molecule has 6 rings (SSSR count). The van der Waals surface area contributed by atoms with Gasteiger partial charge in [0.2, 0.25) is 5.71 Å². The van der Waals surface area contributed by atoms with E-state index < -0.39 is 5.63 Å². The van der Waals surface area contributed by atoms with Crippen LogP contribution in [0.3, 0.4) is 0 Å². The van der Waals surface area contributed by atoms with Gasteiger partial charge in [0.15, 0.2) is 0 Å². The molecule has 0 fully saturated rings. The Morgan fingerprint density at radius 1 is 1.09 bits per heavy atom. The van der Waals surface area contributed by atoms with E-state index in [1.807, 2.05) is 66.1 Å². The normalized spacial score (nSPS) is 11.7. The summed E-state index contributed by atoms with van der Waals surface area (Å²) in [5, 5.41) is 3.89. The summed E-state index contributed by atoms with van der Waals surface area (Å²) >= 11 is 6.58. The Morgan fingerprint density at radius 3 is 2.79 bits per heavy atom. The van der Waals surface area contributed by atoms with Crippen LogP contribution in [0.4, 0.5) is 0 Å². The number of aromatic nitrogens is 3. The van der Waals surface area contributed by atoms with Crippen LogP contribution in [0.25, 0.3) is 43.8 Å². The zero-order chi connectivity index (χ0) is 22.7. The third-order valence-electron chi connectivity index (χ3n) is 6.08. The molecule has 0 aliphatic rings. The molecule has 0 saturated carbocycles. The summed E-state index contributed by atoms with van der Waals surface area (Å²) in [5.74, 6) is 0.737. The third kappa shape index (κ3) is 2.98. The van der Waals surface area contributed by atoms with Crippen molar-refractivity contribution >= 4 is 55.4 Å². The van der Waals surface area contributed by atoms with Crippen LogP contribution in [0, 0.1) is 6.92 Å². The number of benzene rings is 2. The molecule has 0 aliphatic carbocycles. The van der Waals surface area contributed by atoms with Crippen LogP contribution < -0.4 is 10.4 Å². The number of hydrogen-bond donors (Lipinski definition) is 0. The van der Waals surface area contributed by atoms with E-state index in [2.05, 4.69) is 9.97 Å². The van der Waals surface area contributed by atoms with Crippen molar-refractivity contribution in [2.24, 2.45) is 0 Å². The van der Waals surface area contributed by atoms with Crippen molar-refractivity contribution in [3.8, 4) is 5.75 Å². The summed E-state index contributed by atoms with van der Waals surface area (Å²) in [6.45, 7) is 2.33. The van der Waals surface area contributed by atoms with Gasteiger partial charge in [-0.2, -0.15) is 0 Å². The average Bonchev–Trinajstić information content (AvgIpc) is 3.13. The molecular weight excluding hydrogens is 438 g/mol. The van der Waals surface area contributed by atoms with Gasteiger partial charge in [0, 0.05) is 39.4 Å². The highest BCUT2D eigenvalue weighted by Crippen LogP contribution is 2.37. The van der Waals surface area contributed by atoms with Gasteiger partial charge < -0.3 is 13.7 Å². The Morgan fingerprint density at radius 2 is 1.94 bits per heavy atom. The fraction of sp³-hybridized carbons (Fsp3) is 0.115. The highest BCUT2D eigenvalue weighted by atomic mass is 35.5. The second-order valence-corrected chi connectivity index (χ2v) is 8.38. The number of fused-ring (bicyclic) bond motifs is 6. The zero-order valence-corrected chi connectivity index (χ0v) is 18.7. The number of rotatable bonds is 3. The van der Waals surface area contributed by atoms with Gasteiger partial charge in [-0.1, -0.05) is 29.8 Å². The van der Waals surface area contributed by atoms with E-state index in [0.717, 1.165) is 49.5 Å². The van der Waals surface area contributed by atoms with E-state index in [0.29, 0.717) is 22.9 Å². The molecule has 6 nitrogen and oxygen atoms in total. The number of nitrogens with zero attached hydrogens (tertiary/aromatic N) is 3. The largest absolute Gasteiger partial charge is 0.496 e. The van der Waals surface area contributed by atoms with Crippen molar-refractivity contribution < 1.29 is 9.15 Å². The zero-order valence-electron chi connectivity index (χ0n) is 17.9. The number of halogens is 1. The molecule has 0 radical (unpaired) electrons. The van der Waals surface area contributed by atoms with Crippen LogP contribution in [0.2, 0.25) is 5.15 Å². The molecule has 0 amide bonds. The first-order valence-electron chi connectivity index (χ1n) is 10.5. The molecular formula is C26H18ClN3O3. The summed E-state index contributed by atoms with van der Waals surface area (Å²) < 4.78 is 13.1. The molecule has 4 aromatic heterocycles. The maximum Gasteiger partial charge on any atom is 0.362 e. The molecule has 7 heteroatoms. The summed E-state index contributed by atoms with van der Waals surface area (Å²) in [5.41, 5.74) is 3.77. The molecule has 0 saturated heterocycles. The van der Waals surface area contributed by atoms with Gasteiger partial charge in [0.25, 0.3) is 0 Å². The van der Waals surface area contributed by atoms with Crippen molar-refractivity contribution in [1.82, 2.24) is 14.5 Å². The Hall–Kier alpha value is -3.90. The second kappa shape index (κ2) is 7.32. The van der Waals surface area contributed by atoms with Crippen molar-refractivity contribution in [1.29, 1.82) is 0 Å². The van der Waals surface area contributed by atoms with Crippen LogP contribution in [-0.4, -0.2) is 21.6 Å². The van der Waals surface area contributed by atoms with Crippen molar-refractivity contribution in [3.63, 3.8) is 0 Å². The Bertz CT molecular complexity index is 1790. The summed E-state index contributed by atoms with van der Waals surface area (Å²) in [6, 6.07) is 17.6. The Labute approximate surface area is 193 Å². The highest BCUT2D eigenvalue weighted by molar-refractivity contribution is 6.30. The maximum absolute atomic E-state index is 13.2. The number of methoxy groups -OCH3 is 1. The summed E-state index contributed by atoms with van der Waals surface area (Å²) in [6.07, 6.45) is 1.62. The molecule has 0 spiro atoms. The van der Waals surface area contributed by atoms with Gasteiger partial charge in [-0.25, -0.2) is 14.8 Å². The summed E-state index contributed by atoms with van der Waals surface area (Å²) in [7, 11) is 1.64. The molecule has 0 N–H and O–H groups in total. The van der Waals surface area contributed by atoms with Gasteiger partial charge in [-0.3, -0.25) is 0 Å². The number of ether oxygens (including phenoxy) is 1.